The van der Waals surface area contributed by atoms with Gasteiger partial charge < -0.3 is 9.32 Å². The van der Waals surface area contributed by atoms with Crippen molar-refractivity contribution >= 4 is 42.6 Å². The zero-order chi connectivity index (χ0) is 20.8. The van der Waals surface area contributed by atoms with E-state index in [0.717, 1.165) is 9.86 Å². The molecule has 0 aliphatic carbocycles. The van der Waals surface area contributed by atoms with Crippen LogP contribution in [0.5, 0.6) is 0 Å². The Labute approximate surface area is 176 Å². The van der Waals surface area contributed by atoms with E-state index >= 15 is 0 Å². The molecule has 1 aromatic heterocycles. The average Bonchev–Trinajstić information content (AvgIpc) is 3.20. The summed E-state index contributed by atoms with van der Waals surface area (Å²) in [5.74, 6) is -0.821. The van der Waals surface area contributed by atoms with E-state index in [-0.39, 0.29) is 23.8 Å². The molecule has 0 unspecified atom stereocenters. The molecule has 0 bridgehead atoms. The van der Waals surface area contributed by atoms with Crippen molar-refractivity contribution in [3.05, 3.63) is 69.6 Å². The van der Waals surface area contributed by atoms with Gasteiger partial charge in [-0.2, -0.15) is 0 Å². The predicted molar refractivity (Wildman–Crippen MR) is 112 cm³/mol. The van der Waals surface area contributed by atoms with E-state index in [1.165, 1.54) is 11.0 Å². The summed E-state index contributed by atoms with van der Waals surface area (Å²) in [6, 6.07) is 11.1. The van der Waals surface area contributed by atoms with Gasteiger partial charge in [0.2, 0.25) is 0 Å². The third kappa shape index (κ3) is 3.96. The van der Waals surface area contributed by atoms with Crippen molar-refractivity contribution in [3.8, 4) is 0 Å². The third-order valence-electron chi connectivity index (χ3n) is 5.30. The summed E-state index contributed by atoms with van der Waals surface area (Å²) in [5.41, 5.74) is 1.58. The van der Waals surface area contributed by atoms with Gasteiger partial charge in [0.05, 0.1) is 11.5 Å². The lowest BCUT2D eigenvalue weighted by atomic mass is 10.1. The Bertz CT molecular complexity index is 1200. The molecule has 0 spiro atoms. The van der Waals surface area contributed by atoms with Crippen molar-refractivity contribution in [1.29, 1.82) is 0 Å². The van der Waals surface area contributed by atoms with Gasteiger partial charge in [-0.25, -0.2) is 12.8 Å². The predicted octanol–water partition coefficient (Wildman–Crippen LogP) is 4.47. The number of aryl methyl sites for hydroxylation is 1. The molecule has 8 heteroatoms. The van der Waals surface area contributed by atoms with Gasteiger partial charge in [0.15, 0.2) is 15.6 Å². The molecule has 1 aliphatic heterocycles. The number of benzene rings is 2. The maximum absolute atomic E-state index is 14.3. The second kappa shape index (κ2) is 7.57. The molecule has 2 heterocycles. The highest BCUT2D eigenvalue weighted by Crippen LogP contribution is 2.31. The molecule has 0 radical (unpaired) electrons. The molecule has 29 heavy (non-hydrogen) atoms. The van der Waals surface area contributed by atoms with Crippen LogP contribution in [-0.4, -0.2) is 36.8 Å². The first-order chi connectivity index (χ1) is 13.7. The highest BCUT2D eigenvalue weighted by molar-refractivity contribution is 9.10. The number of fused-ring (bicyclic) bond motifs is 1. The van der Waals surface area contributed by atoms with Crippen LogP contribution in [0.25, 0.3) is 11.0 Å². The van der Waals surface area contributed by atoms with Gasteiger partial charge in [-0.15, -0.1) is 0 Å². The lowest BCUT2D eigenvalue weighted by molar-refractivity contribution is 0.0647. The summed E-state index contributed by atoms with van der Waals surface area (Å²) in [6.07, 6.45) is 0.327. The average molecular weight is 480 g/mol. The molecule has 1 amide bonds. The second-order valence-corrected chi connectivity index (χ2v) is 10.4. The van der Waals surface area contributed by atoms with Crippen LogP contribution >= 0.6 is 15.9 Å². The standard InChI is InChI=1S/C21H19BrFNO4S/c1-13-17-10-15(22)6-7-19(17)28-20(13)21(25)24(16-8-9-29(26,27)12-16)11-14-4-2-3-5-18(14)23/h2-7,10,16H,8-9,11-12H2,1H3/t16-/m0/s1. The van der Waals surface area contributed by atoms with Gasteiger partial charge in [-0.05, 0) is 37.6 Å². The van der Waals surface area contributed by atoms with Crippen molar-refractivity contribution in [2.75, 3.05) is 11.5 Å². The van der Waals surface area contributed by atoms with Crippen molar-refractivity contribution in [2.45, 2.75) is 25.9 Å². The molecule has 4 rings (SSSR count). The molecule has 0 saturated carbocycles. The topological polar surface area (TPSA) is 67.6 Å². The number of halogens is 2. The molecule has 5 nitrogen and oxygen atoms in total. The van der Waals surface area contributed by atoms with Crippen LogP contribution in [0.2, 0.25) is 0 Å². The number of rotatable bonds is 4. The van der Waals surface area contributed by atoms with Crippen molar-refractivity contribution in [3.63, 3.8) is 0 Å². The number of sulfone groups is 1. The van der Waals surface area contributed by atoms with Gasteiger partial charge in [0.1, 0.15) is 11.4 Å². The quantitative estimate of drug-likeness (QED) is 0.553. The van der Waals surface area contributed by atoms with Crippen LogP contribution in [-0.2, 0) is 16.4 Å². The Morgan fingerprint density at radius 3 is 2.72 bits per heavy atom. The maximum Gasteiger partial charge on any atom is 0.290 e. The summed E-state index contributed by atoms with van der Waals surface area (Å²) in [7, 11) is -3.22. The van der Waals surface area contributed by atoms with Gasteiger partial charge >= 0.3 is 0 Å². The first-order valence-electron chi connectivity index (χ1n) is 9.18. The van der Waals surface area contributed by atoms with E-state index in [2.05, 4.69) is 15.9 Å². The van der Waals surface area contributed by atoms with Gasteiger partial charge in [0, 0.05) is 33.6 Å². The minimum atomic E-state index is -3.22. The number of nitrogens with zero attached hydrogens (tertiary/aromatic N) is 1. The molecule has 2 aromatic carbocycles. The SMILES string of the molecule is Cc1c(C(=O)N(Cc2ccccc2F)[C@H]2CCS(=O)(=O)C2)oc2ccc(Br)cc12. The minimum absolute atomic E-state index is 0.0186. The molecule has 1 saturated heterocycles. The highest BCUT2D eigenvalue weighted by Gasteiger charge is 2.37. The van der Waals surface area contributed by atoms with E-state index in [9.17, 15) is 17.6 Å². The second-order valence-electron chi connectivity index (χ2n) is 7.28. The molecular weight excluding hydrogens is 461 g/mol. The monoisotopic (exact) mass is 479 g/mol. The van der Waals surface area contributed by atoms with Gasteiger partial charge in [-0.1, -0.05) is 34.1 Å². The van der Waals surface area contributed by atoms with E-state index in [0.29, 0.717) is 23.1 Å². The Morgan fingerprint density at radius 1 is 1.28 bits per heavy atom. The van der Waals surface area contributed by atoms with Crippen LogP contribution in [0.1, 0.15) is 28.1 Å². The number of carbonyl (C=O) groups is 1. The summed E-state index contributed by atoms with van der Waals surface area (Å²) in [4.78, 5) is 14.9. The lowest BCUT2D eigenvalue weighted by Crippen LogP contribution is -2.41. The number of furan rings is 1. The van der Waals surface area contributed by atoms with E-state index in [1.807, 2.05) is 12.1 Å². The largest absolute Gasteiger partial charge is 0.451 e. The molecule has 1 fully saturated rings. The number of hydrogen-bond donors (Lipinski definition) is 0. The van der Waals surface area contributed by atoms with Crippen molar-refractivity contribution < 1.29 is 22.0 Å². The Kier molecular flexibility index (Phi) is 5.25. The first kappa shape index (κ1) is 20.1. The summed E-state index contributed by atoms with van der Waals surface area (Å²) in [5, 5.41) is 0.799. The molecule has 3 aromatic rings. The number of carbonyl (C=O) groups excluding carboxylic acids is 1. The highest BCUT2D eigenvalue weighted by atomic mass is 79.9. The molecule has 152 valence electrons. The van der Waals surface area contributed by atoms with E-state index in [4.69, 9.17) is 4.42 Å². The Hall–Kier alpha value is -2.19. The van der Waals surface area contributed by atoms with Gasteiger partial charge in [-0.3, -0.25) is 4.79 Å². The first-order valence-corrected chi connectivity index (χ1v) is 11.8. The summed E-state index contributed by atoms with van der Waals surface area (Å²) >= 11 is 3.42. The van der Waals surface area contributed by atoms with Crippen LogP contribution in [0.4, 0.5) is 4.39 Å². The van der Waals surface area contributed by atoms with E-state index < -0.39 is 27.6 Å². The molecule has 0 N–H and O–H groups in total. The fraction of sp³-hybridized carbons (Fsp3) is 0.286. The van der Waals surface area contributed by atoms with Crippen LogP contribution < -0.4 is 0 Å². The Balaban J connectivity index is 1.75. The van der Waals surface area contributed by atoms with Crippen LogP contribution in [0, 0.1) is 12.7 Å². The van der Waals surface area contributed by atoms with Crippen LogP contribution in [0.15, 0.2) is 51.4 Å². The smallest absolute Gasteiger partial charge is 0.290 e. The normalized spacial score (nSPS) is 18.2. The van der Waals surface area contributed by atoms with E-state index in [1.54, 1.807) is 31.2 Å². The fourth-order valence-corrected chi connectivity index (χ4v) is 5.82. The lowest BCUT2D eigenvalue weighted by Gasteiger charge is -2.28. The fourth-order valence-electron chi connectivity index (χ4n) is 3.73. The number of amides is 1. The van der Waals surface area contributed by atoms with Gasteiger partial charge in [0.25, 0.3) is 5.91 Å². The minimum Gasteiger partial charge on any atom is -0.451 e. The summed E-state index contributed by atoms with van der Waals surface area (Å²) in [6.45, 7) is 1.77. The maximum atomic E-state index is 14.3. The zero-order valence-corrected chi connectivity index (χ0v) is 18.1. The molecule has 1 atom stereocenters. The molecular formula is C21H19BrFNO4S. The van der Waals surface area contributed by atoms with Crippen molar-refractivity contribution in [1.82, 2.24) is 4.90 Å². The Morgan fingerprint density at radius 2 is 2.03 bits per heavy atom. The summed E-state index contributed by atoms with van der Waals surface area (Å²) < 4.78 is 45.0. The third-order valence-corrected chi connectivity index (χ3v) is 7.54. The van der Waals surface area contributed by atoms with Crippen LogP contribution in [0.3, 0.4) is 0 Å². The number of hydrogen-bond acceptors (Lipinski definition) is 4. The zero-order valence-electron chi connectivity index (χ0n) is 15.7. The molecule has 1 aliphatic rings. The van der Waals surface area contributed by atoms with Crippen molar-refractivity contribution in [2.24, 2.45) is 0 Å².